The predicted octanol–water partition coefficient (Wildman–Crippen LogP) is 2.53. The van der Waals surface area contributed by atoms with E-state index in [1.165, 1.54) is 38.5 Å². The van der Waals surface area contributed by atoms with Gasteiger partial charge in [0.2, 0.25) is 0 Å². The third kappa shape index (κ3) is 3.38. The van der Waals surface area contributed by atoms with Crippen LogP contribution in [0, 0.1) is 0 Å². The molecule has 2 aliphatic rings. The lowest BCUT2D eigenvalue weighted by atomic mass is 9.92. The van der Waals surface area contributed by atoms with Crippen LogP contribution in [-0.4, -0.2) is 56.3 Å². The summed E-state index contributed by atoms with van der Waals surface area (Å²) in [6.07, 6.45) is 8.87. The minimum atomic E-state index is -0.222. The minimum absolute atomic E-state index is 0.222. The van der Waals surface area contributed by atoms with Crippen LogP contribution in [0.2, 0.25) is 0 Å². The summed E-state index contributed by atoms with van der Waals surface area (Å²) in [4.78, 5) is 5.37. The van der Waals surface area contributed by atoms with Crippen molar-refractivity contribution in [2.45, 2.75) is 103 Å². The summed E-state index contributed by atoms with van der Waals surface area (Å²) in [5.41, 5.74) is 0. The molecule has 2 heterocycles. The molecule has 0 saturated carbocycles. The molecule has 2 aliphatic heterocycles. The average Bonchev–Trinajstić information content (AvgIpc) is 2.38. The summed E-state index contributed by atoms with van der Waals surface area (Å²) in [6, 6.07) is 2.48. The fraction of sp³-hybridized carbons (Fsp3) is 1.00. The lowest BCUT2D eigenvalue weighted by Gasteiger charge is -2.58. The lowest BCUT2D eigenvalue weighted by molar-refractivity contribution is -0.279. The first-order chi connectivity index (χ1) is 9.91. The first-order valence-electron chi connectivity index (χ1n) is 9.12. The molecule has 0 N–H and O–H groups in total. The summed E-state index contributed by atoms with van der Waals surface area (Å²) in [6.45, 7) is 11.9. The molecule has 4 heteroatoms. The molecule has 0 spiro atoms. The molecule has 0 bridgehead atoms. The maximum absolute atomic E-state index is 6.50. The lowest BCUT2D eigenvalue weighted by Crippen LogP contribution is -2.70. The second kappa shape index (κ2) is 7.11. The van der Waals surface area contributed by atoms with Crippen LogP contribution in [0.3, 0.4) is 0 Å². The Hall–Kier alpha value is 0.0969. The van der Waals surface area contributed by atoms with Crippen molar-refractivity contribution in [1.82, 2.24) is 9.80 Å². The second-order valence-corrected chi connectivity index (χ2v) is 8.02. The molecule has 0 radical (unpaired) electrons. The zero-order valence-electron chi connectivity index (χ0n) is 15.1. The number of hydrogen-bond acceptors (Lipinski definition) is 3. The Kier molecular flexibility index (Phi) is 5.91. The molecule has 2 rings (SSSR count). The van der Waals surface area contributed by atoms with Gasteiger partial charge >= 0.3 is 0 Å². The van der Waals surface area contributed by atoms with Crippen LogP contribution in [0.1, 0.15) is 73.1 Å². The van der Waals surface area contributed by atoms with E-state index in [1.54, 1.807) is 0 Å². The van der Waals surface area contributed by atoms with Gasteiger partial charge in [0.05, 0.1) is 0 Å². The summed E-state index contributed by atoms with van der Waals surface area (Å²) in [7, 11) is 1.11. The highest BCUT2D eigenvalue weighted by atomic mass is 28.1. The van der Waals surface area contributed by atoms with Gasteiger partial charge in [-0.2, -0.15) is 0 Å². The fourth-order valence-electron chi connectivity index (χ4n) is 5.03. The Bertz CT molecular complexity index is 293. The molecule has 0 aromatic heterocycles. The smallest absolute Gasteiger partial charge is 0.177 e. The summed E-state index contributed by atoms with van der Waals surface area (Å²) in [5, 5.41) is 0. The van der Waals surface area contributed by atoms with Crippen molar-refractivity contribution < 1.29 is 4.74 Å². The van der Waals surface area contributed by atoms with Gasteiger partial charge in [-0.25, -0.2) is 0 Å². The maximum Gasteiger partial charge on any atom is 0.177 e. The predicted molar refractivity (Wildman–Crippen MR) is 93.5 cm³/mol. The molecule has 0 aromatic rings. The Morgan fingerprint density at radius 2 is 1.19 bits per heavy atom. The summed E-state index contributed by atoms with van der Waals surface area (Å²) < 4.78 is 6.50. The largest absolute Gasteiger partial charge is 0.351 e. The second-order valence-electron chi connectivity index (χ2n) is 7.44. The third-order valence-electron chi connectivity index (χ3n) is 5.76. The van der Waals surface area contributed by atoms with Crippen LogP contribution < -0.4 is 0 Å². The Labute approximate surface area is 134 Å². The van der Waals surface area contributed by atoms with Crippen LogP contribution in [-0.2, 0) is 4.74 Å². The molecule has 4 unspecified atom stereocenters. The van der Waals surface area contributed by atoms with Crippen molar-refractivity contribution >= 4 is 10.2 Å². The van der Waals surface area contributed by atoms with Crippen LogP contribution in [0.4, 0.5) is 0 Å². The minimum Gasteiger partial charge on any atom is -0.351 e. The van der Waals surface area contributed by atoms with Gasteiger partial charge in [0.1, 0.15) is 0 Å². The maximum atomic E-state index is 6.50. The molecule has 0 aromatic carbocycles. The standard InChI is InChI=1S/C17H36N2OSi/c1-13-8-6-9-14(2)18(13)17(5,20-12-21)19-15(3)10-7-11-16(19)4/h13-16H,6-12H2,1-5,21H3. The van der Waals surface area contributed by atoms with E-state index in [0.29, 0.717) is 24.2 Å². The van der Waals surface area contributed by atoms with Crippen LogP contribution in [0.5, 0.6) is 0 Å². The highest BCUT2D eigenvalue weighted by Gasteiger charge is 2.48. The molecule has 0 aliphatic carbocycles. The van der Waals surface area contributed by atoms with Gasteiger partial charge in [-0.3, -0.25) is 9.80 Å². The van der Waals surface area contributed by atoms with E-state index >= 15 is 0 Å². The normalized spacial score (nSPS) is 39.3. The highest BCUT2D eigenvalue weighted by Crippen LogP contribution is 2.38. The highest BCUT2D eigenvalue weighted by molar-refractivity contribution is 6.08. The van der Waals surface area contributed by atoms with Crippen molar-refractivity contribution in [3.63, 3.8) is 0 Å². The fourth-order valence-corrected chi connectivity index (χ4v) is 5.58. The third-order valence-corrected chi connectivity index (χ3v) is 6.05. The quantitative estimate of drug-likeness (QED) is 0.742. The van der Waals surface area contributed by atoms with E-state index < -0.39 is 0 Å². The molecule has 124 valence electrons. The van der Waals surface area contributed by atoms with E-state index in [2.05, 4.69) is 44.4 Å². The van der Waals surface area contributed by atoms with Gasteiger partial charge in [0.15, 0.2) is 5.85 Å². The van der Waals surface area contributed by atoms with Crippen LogP contribution in [0.15, 0.2) is 0 Å². The van der Waals surface area contributed by atoms with Gasteiger partial charge in [-0.1, -0.05) is 12.8 Å². The van der Waals surface area contributed by atoms with Crippen molar-refractivity contribution in [2.24, 2.45) is 0 Å². The number of nitrogens with zero attached hydrogens (tertiary/aromatic N) is 2. The van der Waals surface area contributed by atoms with E-state index in [9.17, 15) is 0 Å². The molecule has 2 saturated heterocycles. The van der Waals surface area contributed by atoms with Crippen molar-refractivity contribution in [3.8, 4) is 0 Å². The summed E-state index contributed by atoms with van der Waals surface area (Å²) in [5.74, 6) is -0.222. The molecule has 3 nitrogen and oxygen atoms in total. The number of ether oxygens (including phenoxy) is 1. The number of rotatable bonds is 4. The van der Waals surface area contributed by atoms with Gasteiger partial charge in [0, 0.05) is 40.6 Å². The molecule has 21 heavy (non-hydrogen) atoms. The van der Waals surface area contributed by atoms with Crippen molar-refractivity contribution in [1.29, 1.82) is 0 Å². The van der Waals surface area contributed by atoms with Crippen molar-refractivity contribution in [3.05, 3.63) is 0 Å². The zero-order valence-corrected chi connectivity index (χ0v) is 17.1. The van der Waals surface area contributed by atoms with Gasteiger partial charge in [0.25, 0.3) is 0 Å². The van der Waals surface area contributed by atoms with E-state index in [0.717, 1.165) is 16.5 Å². The summed E-state index contributed by atoms with van der Waals surface area (Å²) >= 11 is 0. The monoisotopic (exact) mass is 312 g/mol. The Balaban J connectivity index is 2.33. The average molecular weight is 313 g/mol. The molecule has 4 atom stereocenters. The number of piperidine rings is 2. The van der Waals surface area contributed by atoms with Gasteiger partial charge in [-0.05, 0) is 60.3 Å². The Morgan fingerprint density at radius 1 is 0.857 bits per heavy atom. The molecule has 0 amide bonds. The molecular formula is C17H36N2OSi. The van der Waals surface area contributed by atoms with Gasteiger partial charge < -0.3 is 4.74 Å². The SMILES string of the molecule is CC1CCCC(C)N1C(C)(OC[SiH3])N1C(C)CCCC1C. The first-order valence-corrected chi connectivity index (χ1v) is 10.5. The zero-order chi connectivity index (χ0) is 15.6. The topological polar surface area (TPSA) is 15.7 Å². The van der Waals surface area contributed by atoms with E-state index in [4.69, 9.17) is 4.74 Å². The van der Waals surface area contributed by atoms with Gasteiger partial charge in [-0.15, -0.1) is 0 Å². The van der Waals surface area contributed by atoms with Crippen LogP contribution >= 0.6 is 0 Å². The van der Waals surface area contributed by atoms with E-state index in [1.807, 2.05) is 0 Å². The Morgan fingerprint density at radius 3 is 1.48 bits per heavy atom. The molecular weight excluding hydrogens is 276 g/mol. The first kappa shape index (κ1) is 17.5. The van der Waals surface area contributed by atoms with Crippen molar-refractivity contribution in [2.75, 3.05) is 6.23 Å². The number of likely N-dealkylation sites (tertiary alicyclic amines) is 2. The number of hydrogen-bond donors (Lipinski definition) is 0. The van der Waals surface area contributed by atoms with Crippen LogP contribution in [0.25, 0.3) is 0 Å². The molecule has 2 fully saturated rings. The van der Waals surface area contributed by atoms with E-state index in [-0.39, 0.29) is 5.85 Å².